The quantitative estimate of drug-likeness (QED) is 0.0775. The van der Waals surface area contributed by atoms with E-state index in [1.807, 2.05) is 0 Å². The lowest BCUT2D eigenvalue weighted by molar-refractivity contribution is -0.302. The third kappa shape index (κ3) is 18.8. The Hall–Kier alpha value is -0.810. The van der Waals surface area contributed by atoms with Crippen molar-refractivity contribution in [3.63, 3.8) is 0 Å². The minimum Gasteiger partial charge on any atom is -0.394 e. The molecule has 9 nitrogen and oxygen atoms in total. The summed E-state index contributed by atoms with van der Waals surface area (Å²) in [5, 5.41) is 42.8. The second-order valence-corrected chi connectivity index (χ2v) is 12.1. The van der Waals surface area contributed by atoms with Crippen molar-refractivity contribution in [3.8, 4) is 0 Å². The van der Waals surface area contributed by atoms with Crippen molar-refractivity contribution >= 4 is 5.91 Å². The Morgan fingerprint density at radius 2 is 1.19 bits per heavy atom. The first-order valence-electron chi connectivity index (χ1n) is 17.2. The number of carbonyl (C=O) groups is 1. The van der Waals surface area contributed by atoms with Crippen molar-refractivity contribution in [2.75, 3.05) is 26.4 Å². The molecule has 0 aromatic heterocycles. The van der Waals surface area contributed by atoms with Crippen LogP contribution < -0.4 is 5.32 Å². The van der Waals surface area contributed by atoms with Crippen molar-refractivity contribution in [1.82, 2.24) is 5.32 Å². The number of rotatable bonds is 28. The van der Waals surface area contributed by atoms with E-state index in [1.165, 1.54) is 89.9 Å². The van der Waals surface area contributed by atoms with Gasteiger partial charge in [0.15, 0.2) is 6.29 Å². The van der Waals surface area contributed by atoms with Gasteiger partial charge in [-0.3, -0.25) is 4.79 Å². The molecule has 0 aromatic carbocycles. The largest absolute Gasteiger partial charge is 0.394 e. The van der Waals surface area contributed by atoms with Gasteiger partial charge in [-0.25, -0.2) is 0 Å². The zero-order valence-electron chi connectivity index (χ0n) is 26.9. The van der Waals surface area contributed by atoms with Crippen molar-refractivity contribution in [3.05, 3.63) is 0 Å². The number of amides is 1. The second kappa shape index (κ2) is 26.6. The number of carbonyl (C=O) groups excluding carboxylic acids is 1. The van der Waals surface area contributed by atoms with Gasteiger partial charge in [0.05, 0.1) is 25.9 Å². The SMILES string of the molecule is CCCCCCCCCCCCOC[C@H](CO[C@@H]1O[C@H](CO)[C@H](O)[C@H](O)[C@H]1O)NC(=O)CCCCCCCCCCC. The Morgan fingerprint density at radius 3 is 1.71 bits per heavy atom. The summed E-state index contributed by atoms with van der Waals surface area (Å²) in [5.74, 6) is -0.0668. The first-order chi connectivity index (χ1) is 20.4. The molecule has 6 atom stereocenters. The maximum Gasteiger partial charge on any atom is 0.220 e. The minimum atomic E-state index is -1.51. The molecular formula is C33H65NO8. The van der Waals surface area contributed by atoms with Crippen LogP contribution in [0, 0.1) is 0 Å². The zero-order valence-corrected chi connectivity index (χ0v) is 26.9. The Bertz CT molecular complexity index is 623. The van der Waals surface area contributed by atoms with E-state index in [1.54, 1.807) is 0 Å². The zero-order chi connectivity index (χ0) is 30.8. The first-order valence-corrected chi connectivity index (χ1v) is 17.2. The van der Waals surface area contributed by atoms with E-state index in [0.29, 0.717) is 13.0 Å². The van der Waals surface area contributed by atoms with Crippen LogP contribution >= 0.6 is 0 Å². The van der Waals surface area contributed by atoms with Crippen LogP contribution in [0.25, 0.3) is 0 Å². The summed E-state index contributed by atoms with van der Waals surface area (Å²) in [7, 11) is 0. The highest BCUT2D eigenvalue weighted by molar-refractivity contribution is 5.76. The van der Waals surface area contributed by atoms with Gasteiger partial charge in [0.2, 0.25) is 5.91 Å². The molecule has 0 radical (unpaired) electrons. The van der Waals surface area contributed by atoms with Gasteiger partial charge in [0.1, 0.15) is 24.4 Å². The summed E-state index contributed by atoms with van der Waals surface area (Å²) in [6, 6.07) is -0.452. The van der Waals surface area contributed by atoms with Gasteiger partial charge in [-0.15, -0.1) is 0 Å². The van der Waals surface area contributed by atoms with Gasteiger partial charge >= 0.3 is 0 Å². The summed E-state index contributed by atoms with van der Waals surface area (Å²) in [5.41, 5.74) is 0. The Labute approximate surface area is 256 Å². The van der Waals surface area contributed by atoms with Gasteiger partial charge in [0.25, 0.3) is 0 Å². The van der Waals surface area contributed by atoms with Gasteiger partial charge in [-0.1, -0.05) is 123 Å². The van der Waals surface area contributed by atoms with Crippen molar-refractivity contribution in [1.29, 1.82) is 0 Å². The molecule has 1 amide bonds. The molecule has 1 rings (SSSR count). The maximum absolute atomic E-state index is 12.7. The molecular weight excluding hydrogens is 538 g/mol. The molecule has 0 spiro atoms. The lowest BCUT2D eigenvalue weighted by Gasteiger charge is -2.40. The highest BCUT2D eigenvalue weighted by Crippen LogP contribution is 2.22. The Kier molecular flexibility index (Phi) is 24.8. The molecule has 0 unspecified atom stereocenters. The van der Waals surface area contributed by atoms with Crippen LogP contribution in [-0.4, -0.2) is 89.5 Å². The summed E-state index contributed by atoms with van der Waals surface area (Å²) in [6.07, 6.45) is 16.9. The fraction of sp³-hybridized carbons (Fsp3) is 0.970. The van der Waals surface area contributed by atoms with E-state index in [4.69, 9.17) is 14.2 Å². The van der Waals surface area contributed by atoms with E-state index < -0.39 is 43.4 Å². The normalized spacial score (nSPS) is 23.2. The fourth-order valence-electron chi connectivity index (χ4n) is 5.36. The number of nitrogens with one attached hydrogen (secondary N) is 1. The Morgan fingerprint density at radius 1 is 0.690 bits per heavy atom. The number of hydrogen-bond acceptors (Lipinski definition) is 8. The molecule has 9 heteroatoms. The van der Waals surface area contributed by atoms with E-state index in [0.717, 1.165) is 32.1 Å². The van der Waals surface area contributed by atoms with E-state index >= 15 is 0 Å². The predicted octanol–water partition coefficient (Wildman–Crippen LogP) is 5.15. The number of unbranched alkanes of at least 4 members (excludes halogenated alkanes) is 17. The molecule has 1 aliphatic rings. The minimum absolute atomic E-state index is 0.00419. The van der Waals surface area contributed by atoms with Crippen molar-refractivity contribution in [2.24, 2.45) is 0 Å². The van der Waals surface area contributed by atoms with Crippen molar-refractivity contribution in [2.45, 2.75) is 179 Å². The lowest BCUT2D eigenvalue weighted by Crippen LogP contribution is -2.59. The van der Waals surface area contributed by atoms with Crippen LogP contribution in [0.5, 0.6) is 0 Å². The third-order valence-electron chi connectivity index (χ3n) is 8.14. The first kappa shape index (κ1) is 39.2. The van der Waals surface area contributed by atoms with Gasteiger partial charge in [-0.05, 0) is 12.8 Å². The van der Waals surface area contributed by atoms with Gasteiger partial charge < -0.3 is 40.0 Å². The fourth-order valence-corrected chi connectivity index (χ4v) is 5.36. The van der Waals surface area contributed by atoms with Crippen LogP contribution in [0.15, 0.2) is 0 Å². The van der Waals surface area contributed by atoms with E-state index in [9.17, 15) is 25.2 Å². The van der Waals surface area contributed by atoms with Crippen LogP contribution in [0.2, 0.25) is 0 Å². The van der Waals surface area contributed by atoms with Crippen molar-refractivity contribution < 1.29 is 39.4 Å². The highest BCUT2D eigenvalue weighted by atomic mass is 16.7. The third-order valence-corrected chi connectivity index (χ3v) is 8.14. The molecule has 250 valence electrons. The molecule has 0 aliphatic carbocycles. The molecule has 0 saturated carbocycles. The molecule has 5 N–H and O–H groups in total. The summed E-state index contributed by atoms with van der Waals surface area (Å²) in [6.45, 7) is 4.81. The predicted molar refractivity (Wildman–Crippen MR) is 166 cm³/mol. The average Bonchev–Trinajstić information content (AvgIpc) is 2.99. The molecule has 42 heavy (non-hydrogen) atoms. The molecule has 1 fully saturated rings. The number of aliphatic hydroxyl groups excluding tert-OH is 4. The lowest BCUT2D eigenvalue weighted by atomic mass is 9.99. The van der Waals surface area contributed by atoms with E-state index in [2.05, 4.69) is 19.2 Å². The summed E-state index contributed by atoms with van der Waals surface area (Å²) in [4.78, 5) is 12.7. The standard InChI is InChI=1S/C33H65NO8/c1-3-5-7-9-11-13-15-17-19-21-23-40-25-27(26-41-33-32(39)31(38)30(37)28(24-35)42-33)34-29(36)22-20-18-16-14-12-10-8-6-4-2/h27-28,30-33,35,37-39H,3-26H2,1-2H3,(H,34,36)/t27-,28-,30+,31+,32-,33-/m1/s1. The number of ether oxygens (including phenoxy) is 3. The van der Waals surface area contributed by atoms with Crippen LogP contribution in [0.4, 0.5) is 0 Å². The maximum atomic E-state index is 12.7. The molecule has 0 aromatic rings. The smallest absolute Gasteiger partial charge is 0.220 e. The Balaban J connectivity index is 2.38. The monoisotopic (exact) mass is 603 g/mol. The molecule has 0 bridgehead atoms. The molecule has 1 heterocycles. The van der Waals surface area contributed by atoms with Crippen LogP contribution in [0.1, 0.15) is 142 Å². The average molecular weight is 604 g/mol. The summed E-state index contributed by atoms with van der Waals surface area (Å²) < 4.78 is 17.1. The summed E-state index contributed by atoms with van der Waals surface area (Å²) >= 11 is 0. The molecule has 1 saturated heterocycles. The topological polar surface area (TPSA) is 138 Å². The number of aliphatic hydroxyl groups is 4. The van der Waals surface area contributed by atoms with Gasteiger partial charge in [0, 0.05) is 13.0 Å². The second-order valence-electron chi connectivity index (χ2n) is 12.1. The highest BCUT2D eigenvalue weighted by Gasteiger charge is 2.44. The van der Waals surface area contributed by atoms with E-state index in [-0.39, 0.29) is 19.1 Å². The molecule has 1 aliphatic heterocycles. The van der Waals surface area contributed by atoms with Gasteiger partial charge in [-0.2, -0.15) is 0 Å². The van der Waals surface area contributed by atoms with Crippen LogP contribution in [-0.2, 0) is 19.0 Å². The van der Waals surface area contributed by atoms with Crippen LogP contribution in [0.3, 0.4) is 0 Å². The number of hydrogen-bond donors (Lipinski definition) is 5.